The van der Waals surface area contributed by atoms with E-state index < -0.39 is 5.92 Å². The third kappa shape index (κ3) is 8.10. The fourth-order valence-corrected chi connectivity index (χ4v) is 2.93. The molecular formula is C26H32O6. The minimum atomic E-state index is -0.491. The number of ether oxygens (including phenoxy) is 4. The first-order valence-electron chi connectivity index (χ1n) is 10.5. The Morgan fingerprint density at radius 1 is 0.812 bits per heavy atom. The minimum absolute atomic E-state index is 0.0779. The lowest BCUT2D eigenvalue weighted by atomic mass is 9.80. The van der Waals surface area contributed by atoms with E-state index in [1.54, 1.807) is 26.4 Å². The summed E-state index contributed by atoms with van der Waals surface area (Å²) in [5, 5.41) is 0. The molecule has 0 amide bonds. The Kier molecular flexibility index (Phi) is 9.32. The van der Waals surface area contributed by atoms with E-state index in [-0.39, 0.29) is 37.0 Å². The van der Waals surface area contributed by atoms with Crippen molar-refractivity contribution >= 4 is 11.9 Å². The molecule has 0 bridgehead atoms. The van der Waals surface area contributed by atoms with Gasteiger partial charge in [-0.25, -0.2) is 0 Å². The van der Waals surface area contributed by atoms with E-state index >= 15 is 0 Å². The molecule has 1 unspecified atom stereocenters. The highest BCUT2D eigenvalue weighted by atomic mass is 16.5. The van der Waals surface area contributed by atoms with Crippen molar-refractivity contribution in [3.8, 4) is 11.5 Å². The minimum Gasteiger partial charge on any atom is -0.497 e. The van der Waals surface area contributed by atoms with Gasteiger partial charge in [0.05, 0.1) is 26.6 Å². The Labute approximate surface area is 190 Å². The van der Waals surface area contributed by atoms with Gasteiger partial charge in [-0.1, -0.05) is 57.2 Å². The molecule has 0 spiro atoms. The van der Waals surface area contributed by atoms with Crippen molar-refractivity contribution in [3.63, 3.8) is 0 Å². The van der Waals surface area contributed by atoms with Crippen LogP contribution in [0.5, 0.6) is 11.5 Å². The molecule has 32 heavy (non-hydrogen) atoms. The number of hydrogen-bond acceptors (Lipinski definition) is 6. The Morgan fingerprint density at radius 3 is 1.72 bits per heavy atom. The van der Waals surface area contributed by atoms with Crippen molar-refractivity contribution in [2.45, 2.75) is 40.4 Å². The Balaban J connectivity index is 1.86. The highest BCUT2D eigenvalue weighted by Crippen LogP contribution is 2.29. The zero-order chi connectivity index (χ0) is 23.6. The van der Waals surface area contributed by atoms with Crippen LogP contribution in [0.4, 0.5) is 0 Å². The number of hydrogen-bond donors (Lipinski definition) is 0. The van der Waals surface area contributed by atoms with Gasteiger partial charge in [-0.05, 0) is 40.8 Å². The van der Waals surface area contributed by atoms with Crippen LogP contribution in [-0.2, 0) is 32.3 Å². The predicted octanol–water partition coefficient (Wildman–Crippen LogP) is 5.10. The third-order valence-electron chi connectivity index (χ3n) is 4.90. The topological polar surface area (TPSA) is 71.1 Å². The van der Waals surface area contributed by atoms with Gasteiger partial charge in [-0.15, -0.1) is 0 Å². The summed E-state index contributed by atoms with van der Waals surface area (Å²) in [5.41, 5.74) is 1.39. The molecule has 0 radical (unpaired) electrons. The summed E-state index contributed by atoms with van der Waals surface area (Å²) in [6.45, 7) is 6.23. The summed E-state index contributed by atoms with van der Waals surface area (Å²) < 4.78 is 21.1. The van der Waals surface area contributed by atoms with Crippen LogP contribution in [0.15, 0.2) is 60.7 Å². The fraction of sp³-hybridized carbons (Fsp3) is 0.385. The van der Waals surface area contributed by atoms with E-state index in [0.29, 0.717) is 0 Å². The SMILES string of the molecule is COc1ccc(COC(=O)C/C=C/C(C(=O)OCc2ccc(OC)cc2)C(C)(C)C)cc1. The molecule has 1 atom stereocenters. The van der Waals surface area contributed by atoms with Gasteiger partial charge in [0, 0.05) is 0 Å². The standard InChI is InChI=1S/C26H32O6/c1-26(2,3)23(25(28)32-18-20-11-15-22(30-5)16-12-20)7-6-8-24(27)31-17-19-9-13-21(29-4)14-10-19/h6-7,9-16,23H,8,17-18H2,1-5H3/b7-6+. The van der Waals surface area contributed by atoms with Crippen LogP contribution >= 0.6 is 0 Å². The molecule has 0 heterocycles. The van der Waals surface area contributed by atoms with Crippen LogP contribution in [0.2, 0.25) is 0 Å². The lowest BCUT2D eigenvalue weighted by Gasteiger charge is -2.26. The quantitative estimate of drug-likeness (QED) is 0.378. The van der Waals surface area contributed by atoms with Gasteiger partial charge in [-0.2, -0.15) is 0 Å². The number of esters is 2. The van der Waals surface area contributed by atoms with Crippen LogP contribution in [0.25, 0.3) is 0 Å². The van der Waals surface area contributed by atoms with Crippen LogP contribution < -0.4 is 9.47 Å². The predicted molar refractivity (Wildman–Crippen MR) is 122 cm³/mol. The van der Waals surface area contributed by atoms with Gasteiger partial charge >= 0.3 is 11.9 Å². The first kappa shape index (κ1) is 25.0. The van der Waals surface area contributed by atoms with Crippen LogP contribution in [0.3, 0.4) is 0 Å². The van der Waals surface area contributed by atoms with E-state index in [0.717, 1.165) is 22.6 Å². The number of carbonyl (C=O) groups is 2. The zero-order valence-electron chi connectivity index (χ0n) is 19.4. The second-order valence-corrected chi connectivity index (χ2v) is 8.44. The first-order chi connectivity index (χ1) is 15.2. The number of carbonyl (C=O) groups excluding carboxylic acids is 2. The third-order valence-corrected chi connectivity index (χ3v) is 4.90. The van der Waals surface area contributed by atoms with E-state index in [4.69, 9.17) is 18.9 Å². The summed E-state index contributed by atoms with van der Waals surface area (Å²) in [5.74, 6) is 0.298. The van der Waals surface area contributed by atoms with Crippen molar-refractivity contribution in [1.29, 1.82) is 0 Å². The highest BCUT2D eigenvalue weighted by molar-refractivity contribution is 5.76. The van der Waals surface area contributed by atoms with Gasteiger partial charge in [0.2, 0.25) is 0 Å². The van der Waals surface area contributed by atoms with Gasteiger partial charge in [0.15, 0.2) is 0 Å². The first-order valence-corrected chi connectivity index (χ1v) is 10.5. The van der Waals surface area contributed by atoms with E-state index in [2.05, 4.69) is 0 Å². The second kappa shape index (κ2) is 11.9. The van der Waals surface area contributed by atoms with Crippen molar-refractivity contribution in [3.05, 3.63) is 71.8 Å². The summed E-state index contributed by atoms with van der Waals surface area (Å²) in [4.78, 5) is 24.8. The maximum Gasteiger partial charge on any atom is 0.313 e. The van der Waals surface area contributed by atoms with E-state index in [9.17, 15) is 9.59 Å². The lowest BCUT2D eigenvalue weighted by molar-refractivity contribution is -0.151. The molecule has 2 rings (SSSR count). The summed E-state index contributed by atoms with van der Waals surface area (Å²) in [6.07, 6.45) is 3.47. The smallest absolute Gasteiger partial charge is 0.313 e. The monoisotopic (exact) mass is 440 g/mol. The molecule has 0 aliphatic heterocycles. The molecule has 2 aromatic rings. The van der Waals surface area contributed by atoms with Crippen LogP contribution in [0, 0.1) is 11.3 Å². The van der Waals surface area contributed by atoms with Crippen molar-refractivity contribution in [2.75, 3.05) is 14.2 Å². The number of methoxy groups -OCH3 is 2. The summed E-state index contributed by atoms with van der Waals surface area (Å²) in [6, 6.07) is 14.7. The molecule has 0 fully saturated rings. The van der Waals surface area contributed by atoms with Crippen molar-refractivity contribution in [1.82, 2.24) is 0 Å². The average molecular weight is 441 g/mol. The highest BCUT2D eigenvalue weighted by Gasteiger charge is 2.30. The van der Waals surface area contributed by atoms with Crippen molar-refractivity contribution in [2.24, 2.45) is 11.3 Å². The molecule has 0 aliphatic rings. The Morgan fingerprint density at radius 2 is 1.28 bits per heavy atom. The lowest BCUT2D eigenvalue weighted by Crippen LogP contribution is -2.28. The summed E-state index contributed by atoms with van der Waals surface area (Å²) in [7, 11) is 3.20. The Bertz CT molecular complexity index is 891. The maximum atomic E-state index is 12.7. The van der Waals surface area contributed by atoms with Gasteiger partial charge in [-0.3, -0.25) is 9.59 Å². The molecule has 6 nitrogen and oxygen atoms in total. The zero-order valence-corrected chi connectivity index (χ0v) is 19.4. The molecule has 6 heteroatoms. The molecule has 0 aliphatic carbocycles. The number of benzene rings is 2. The number of rotatable bonds is 10. The van der Waals surface area contributed by atoms with Crippen LogP contribution in [-0.4, -0.2) is 26.2 Å². The van der Waals surface area contributed by atoms with Gasteiger partial charge < -0.3 is 18.9 Å². The van der Waals surface area contributed by atoms with Crippen molar-refractivity contribution < 1.29 is 28.5 Å². The molecule has 2 aromatic carbocycles. The van der Waals surface area contributed by atoms with Crippen LogP contribution in [0.1, 0.15) is 38.3 Å². The van der Waals surface area contributed by atoms with E-state index in [1.165, 1.54) is 0 Å². The normalized spacial score (nSPS) is 12.3. The fourth-order valence-electron chi connectivity index (χ4n) is 2.93. The molecule has 0 aromatic heterocycles. The largest absolute Gasteiger partial charge is 0.497 e. The second-order valence-electron chi connectivity index (χ2n) is 8.44. The summed E-state index contributed by atoms with van der Waals surface area (Å²) >= 11 is 0. The molecule has 0 saturated heterocycles. The molecule has 172 valence electrons. The molecular weight excluding hydrogens is 408 g/mol. The molecule has 0 saturated carbocycles. The molecule has 0 N–H and O–H groups in total. The van der Waals surface area contributed by atoms with E-state index in [1.807, 2.05) is 69.3 Å². The van der Waals surface area contributed by atoms with Gasteiger partial charge in [0.1, 0.15) is 24.7 Å². The Hall–Kier alpha value is -3.28. The average Bonchev–Trinajstić information content (AvgIpc) is 2.78. The van der Waals surface area contributed by atoms with Gasteiger partial charge in [0.25, 0.3) is 0 Å². The maximum absolute atomic E-state index is 12.7.